The minimum absolute atomic E-state index is 0.0418. The van der Waals surface area contributed by atoms with Crippen LogP contribution in [0.4, 0.5) is 5.69 Å². The Kier molecular flexibility index (Phi) is 6.61. The van der Waals surface area contributed by atoms with Crippen molar-refractivity contribution < 1.29 is 24.2 Å². The van der Waals surface area contributed by atoms with Gasteiger partial charge in [0.25, 0.3) is 11.7 Å². The minimum Gasteiger partial charge on any atom is -0.507 e. The number of amides is 1. The Morgan fingerprint density at radius 3 is 2.41 bits per heavy atom. The predicted octanol–water partition coefficient (Wildman–Crippen LogP) is 5.68. The van der Waals surface area contributed by atoms with Gasteiger partial charge in [0.1, 0.15) is 17.3 Å². The Morgan fingerprint density at radius 1 is 1.03 bits per heavy atom. The molecule has 3 aromatic rings. The van der Waals surface area contributed by atoms with Gasteiger partial charge < -0.3 is 14.6 Å². The number of aliphatic hydroxyl groups is 1. The molecular weight excluding hydrogens is 454 g/mol. The van der Waals surface area contributed by atoms with Gasteiger partial charge in [-0.15, -0.1) is 0 Å². The van der Waals surface area contributed by atoms with Crippen LogP contribution in [-0.4, -0.2) is 30.5 Å². The summed E-state index contributed by atoms with van der Waals surface area (Å²) in [6.45, 7) is 4.13. The summed E-state index contributed by atoms with van der Waals surface area (Å²) in [6, 6.07) is 18.2. The van der Waals surface area contributed by atoms with Crippen molar-refractivity contribution in [2.45, 2.75) is 19.9 Å². The average Bonchev–Trinajstić information content (AvgIpc) is 3.11. The van der Waals surface area contributed by atoms with Gasteiger partial charge in [-0.3, -0.25) is 14.5 Å². The van der Waals surface area contributed by atoms with Crippen LogP contribution in [0.15, 0.2) is 72.3 Å². The van der Waals surface area contributed by atoms with Crippen molar-refractivity contribution in [1.29, 1.82) is 0 Å². The van der Waals surface area contributed by atoms with Gasteiger partial charge >= 0.3 is 0 Å². The number of rotatable bonds is 6. The van der Waals surface area contributed by atoms with E-state index in [9.17, 15) is 14.7 Å². The first-order chi connectivity index (χ1) is 16.4. The highest BCUT2D eigenvalue weighted by Crippen LogP contribution is 2.45. The number of aliphatic hydroxyl groups excluding tert-OH is 1. The van der Waals surface area contributed by atoms with Gasteiger partial charge in [0, 0.05) is 16.8 Å². The van der Waals surface area contributed by atoms with Crippen molar-refractivity contribution in [2.24, 2.45) is 0 Å². The maximum Gasteiger partial charge on any atom is 0.300 e. The molecule has 7 heteroatoms. The molecule has 1 aliphatic heterocycles. The number of nitrogens with zero attached hydrogens (tertiary/aromatic N) is 1. The molecule has 0 radical (unpaired) electrons. The lowest BCUT2D eigenvalue weighted by molar-refractivity contribution is -0.132. The first-order valence-electron chi connectivity index (χ1n) is 10.8. The van der Waals surface area contributed by atoms with E-state index < -0.39 is 17.7 Å². The zero-order chi connectivity index (χ0) is 24.4. The number of anilines is 1. The zero-order valence-corrected chi connectivity index (χ0v) is 19.8. The summed E-state index contributed by atoms with van der Waals surface area (Å²) in [5, 5.41) is 11.7. The van der Waals surface area contributed by atoms with Crippen molar-refractivity contribution in [1.82, 2.24) is 0 Å². The summed E-state index contributed by atoms with van der Waals surface area (Å²) >= 11 is 6.20. The van der Waals surface area contributed by atoms with Gasteiger partial charge in [0.2, 0.25) is 0 Å². The molecule has 1 aliphatic rings. The van der Waals surface area contributed by atoms with Crippen LogP contribution in [0, 0.1) is 6.92 Å². The lowest BCUT2D eigenvalue weighted by Gasteiger charge is -2.26. The Balaban J connectivity index is 1.96. The van der Waals surface area contributed by atoms with Crippen molar-refractivity contribution in [3.8, 4) is 11.5 Å². The van der Waals surface area contributed by atoms with Gasteiger partial charge in [-0.1, -0.05) is 47.5 Å². The maximum atomic E-state index is 13.3. The van der Waals surface area contributed by atoms with Gasteiger partial charge in [-0.2, -0.15) is 0 Å². The second-order valence-corrected chi connectivity index (χ2v) is 8.23. The van der Waals surface area contributed by atoms with Crippen LogP contribution in [0.1, 0.15) is 29.7 Å². The molecule has 4 rings (SSSR count). The lowest BCUT2D eigenvalue weighted by atomic mass is 9.94. The molecule has 6 nitrogen and oxygen atoms in total. The Hall–Kier alpha value is -3.77. The number of Topliss-reactive ketones (excluding diaryl/α,β-unsaturated/α-hetero) is 1. The van der Waals surface area contributed by atoms with Crippen molar-refractivity contribution in [3.63, 3.8) is 0 Å². The highest BCUT2D eigenvalue weighted by atomic mass is 35.5. The Labute approximate surface area is 203 Å². The normalized spacial score (nSPS) is 17.2. The third-order valence-electron chi connectivity index (χ3n) is 5.69. The molecule has 1 amide bonds. The lowest BCUT2D eigenvalue weighted by Crippen LogP contribution is -2.29. The summed E-state index contributed by atoms with van der Waals surface area (Å²) in [4.78, 5) is 28.0. The molecule has 0 bridgehead atoms. The summed E-state index contributed by atoms with van der Waals surface area (Å²) in [7, 11) is 1.52. The fourth-order valence-corrected chi connectivity index (χ4v) is 4.24. The molecular formula is C27H24ClNO5. The SMILES string of the molecule is CCOc1cc(/C(O)=C2\C(=O)C(=O)N(c3ccc(C)cc3)C2c2ccccc2OC)ccc1Cl. The van der Waals surface area contributed by atoms with E-state index in [0.29, 0.717) is 39.9 Å². The standard InChI is InChI=1S/C27H24ClNO5/c1-4-34-22-15-17(11-14-20(22)28)25(30)23-24(19-7-5-6-8-21(19)33-3)29(27(32)26(23)31)18-12-9-16(2)10-13-18/h5-15,24,30H,4H2,1-3H3/b25-23+. The molecule has 0 aliphatic carbocycles. The largest absolute Gasteiger partial charge is 0.507 e. The Morgan fingerprint density at radius 2 is 1.74 bits per heavy atom. The second kappa shape index (κ2) is 9.61. The molecule has 174 valence electrons. The smallest absolute Gasteiger partial charge is 0.300 e. The predicted molar refractivity (Wildman–Crippen MR) is 132 cm³/mol. The number of hydrogen-bond donors (Lipinski definition) is 1. The molecule has 1 fully saturated rings. The third kappa shape index (κ3) is 4.13. The fraction of sp³-hybridized carbons (Fsp3) is 0.185. The van der Waals surface area contributed by atoms with Crippen LogP contribution in [0.3, 0.4) is 0 Å². The average molecular weight is 478 g/mol. The zero-order valence-electron chi connectivity index (χ0n) is 19.0. The topological polar surface area (TPSA) is 76.1 Å². The summed E-state index contributed by atoms with van der Waals surface area (Å²) in [6.07, 6.45) is 0. The molecule has 1 heterocycles. The third-order valence-corrected chi connectivity index (χ3v) is 6.01. The molecule has 0 aromatic heterocycles. The van der Waals surface area contributed by atoms with Gasteiger partial charge in [0.15, 0.2) is 0 Å². The number of methoxy groups -OCH3 is 1. The molecule has 3 aromatic carbocycles. The van der Waals surface area contributed by atoms with Crippen LogP contribution >= 0.6 is 11.6 Å². The van der Waals surface area contributed by atoms with Gasteiger partial charge in [-0.25, -0.2) is 0 Å². The molecule has 1 saturated heterocycles. The molecule has 1 unspecified atom stereocenters. The van der Waals surface area contributed by atoms with Crippen LogP contribution < -0.4 is 14.4 Å². The molecule has 34 heavy (non-hydrogen) atoms. The van der Waals surface area contributed by atoms with Crippen molar-refractivity contribution in [3.05, 3.63) is 94.0 Å². The van der Waals surface area contributed by atoms with E-state index in [2.05, 4.69) is 0 Å². The van der Waals surface area contributed by atoms with E-state index in [1.165, 1.54) is 12.0 Å². The number of ether oxygens (including phenoxy) is 2. The monoisotopic (exact) mass is 477 g/mol. The van der Waals surface area contributed by atoms with E-state index in [0.717, 1.165) is 5.56 Å². The summed E-state index contributed by atoms with van der Waals surface area (Å²) < 4.78 is 11.1. The quantitative estimate of drug-likeness (QED) is 0.281. The number of ketones is 1. The van der Waals surface area contributed by atoms with Crippen LogP contribution in [0.25, 0.3) is 5.76 Å². The maximum absolute atomic E-state index is 13.3. The van der Waals surface area contributed by atoms with Crippen molar-refractivity contribution >= 4 is 34.7 Å². The fourth-order valence-electron chi connectivity index (χ4n) is 4.06. The highest BCUT2D eigenvalue weighted by Gasteiger charge is 2.47. The van der Waals surface area contributed by atoms with E-state index in [1.807, 2.05) is 26.0 Å². The van der Waals surface area contributed by atoms with E-state index >= 15 is 0 Å². The number of carbonyl (C=O) groups excluding carboxylic acids is 2. The van der Waals surface area contributed by atoms with Crippen LogP contribution in [0.5, 0.6) is 11.5 Å². The van der Waals surface area contributed by atoms with Crippen LogP contribution in [-0.2, 0) is 9.59 Å². The summed E-state index contributed by atoms with van der Waals surface area (Å²) in [5.74, 6) is -0.984. The van der Waals surface area contributed by atoms with Crippen LogP contribution in [0.2, 0.25) is 5.02 Å². The summed E-state index contributed by atoms with van der Waals surface area (Å²) in [5.41, 5.74) is 2.40. The second-order valence-electron chi connectivity index (χ2n) is 7.82. The highest BCUT2D eigenvalue weighted by molar-refractivity contribution is 6.51. The Bertz CT molecular complexity index is 1280. The molecule has 0 saturated carbocycles. The van der Waals surface area contributed by atoms with Crippen molar-refractivity contribution in [2.75, 3.05) is 18.6 Å². The first kappa shape index (κ1) is 23.4. The molecule has 0 spiro atoms. The first-order valence-corrected chi connectivity index (χ1v) is 11.2. The number of para-hydroxylation sites is 1. The molecule has 1 N–H and O–H groups in total. The number of aryl methyl sites for hydroxylation is 1. The van der Waals surface area contributed by atoms with E-state index in [1.54, 1.807) is 54.6 Å². The number of carbonyl (C=O) groups is 2. The molecule has 1 atom stereocenters. The van der Waals surface area contributed by atoms with E-state index in [4.69, 9.17) is 21.1 Å². The van der Waals surface area contributed by atoms with E-state index in [-0.39, 0.29) is 11.3 Å². The van der Waals surface area contributed by atoms with Gasteiger partial charge in [0.05, 0.1) is 30.4 Å². The number of halogens is 1. The number of hydrogen-bond acceptors (Lipinski definition) is 5. The van der Waals surface area contributed by atoms with Gasteiger partial charge in [-0.05, 0) is 50.2 Å². The minimum atomic E-state index is -0.898. The number of benzene rings is 3.